The van der Waals surface area contributed by atoms with Gasteiger partial charge in [0.1, 0.15) is 0 Å². The topological polar surface area (TPSA) is 38.1 Å². The molecule has 4 rings (SSSR count). The lowest BCUT2D eigenvalue weighted by molar-refractivity contribution is 0.0766. The summed E-state index contributed by atoms with van der Waals surface area (Å²) in [5.41, 5.74) is 4.37. The van der Waals surface area contributed by atoms with E-state index in [0.717, 1.165) is 36.5 Å². The number of aryl methyl sites for hydroxylation is 1. The van der Waals surface area contributed by atoms with Crippen molar-refractivity contribution in [3.63, 3.8) is 0 Å². The average molecular weight is 378 g/mol. The lowest BCUT2D eigenvalue weighted by Gasteiger charge is -2.21. The van der Waals surface area contributed by atoms with Gasteiger partial charge < -0.3 is 4.90 Å². The van der Waals surface area contributed by atoms with E-state index in [1.54, 1.807) is 10.9 Å². The molecule has 0 N–H and O–H groups in total. The van der Waals surface area contributed by atoms with Crippen LogP contribution in [0.5, 0.6) is 0 Å². The predicted octanol–water partition coefficient (Wildman–Crippen LogP) is 4.50. The van der Waals surface area contributed by atoms with E-state index in [4.69, 9.17) is 0 Å². The van der Waals surface area contributed by atoms with Gasteiger partial charge in [-0.25, -0.2) is 4.68 Å². The lowest BCUT2D eigenvalue weighted by atomic mass is 10.0. The molecule has 4 nitrogen and oxygen atoms in total. The Morgan fingerprint density at radius 1 is 1.11 bits per heavy atom. The first-order chi connectivity index (χ1) is 13.2. The second-order valence-corrected chi connectivity index (χ2v) is 8.11. The number of rotatable bonds is 3. The second kappa shape index (κ2) is 8.01. The monoisotopic (exact) mass is 377 g/mol. The van der Waals surface area contributed by atoms with Crippen LogP contribution in [0.2, 0.25) is 0 Å². The Balaban J connectivity index is 1.49. The molecule has 27 heavy (non-hydrogen) atoms. The first kappa shape index (κ1) is 17.9. The van der Waals surface area contributed by atoms with Crippen LogP contribution in [0.1, 0.15) is 33.2 Å². The van der Waals surface area contributed by atoms with Crippen LogP contribution in [-0.2, 0) is 0 Å². The van der Waals surface area contributed by atoms with Gasteiger partial charge >= 0.3 is 0 Å². The Morgan fingerprint density at radius 2 is 2.00 bits per heavy atom. The summed E-state index contributed by atoms with van der Waals surface area (Å²) in [6, 6.07) is 18.2. The van der Waals surface area contributed by atoms with Crippen molar-refractivity contribution in [2.24, 2.45) is 0 Å². The highest BCUT2D eigenvalue weighted by Crippen LogP contribution is 2.36. The molecule has 0 radical (unpaired) electrons. The number of hydrogen-bond acceptors (Lipinski definition) is 3. The van der Waals surface area contributed by atoms with Crippen molar-refractivity contribution in [2.75, 3.05) is 18.8 Å². The summed E-state index contributed by atoms with van der Waals surface area (Å²) in [6.45, 7) is 3.75. The molecule has 1 atom stereocenters. The van der Waals surface area contributed by atoms with Crippen molar-refractivity contribution in [1.82, 2.24) is 14.7 Å². The van der Waals surface area contributed by atoms with Gasteiger partial charge in [0.05, 0.1) is 5.69 Å². The molecular formula is C22H23N3OS. The molecule has 2 aromatic carbocycles. The van der Waals surface area contributed by atoms with E-state index in [-0.39, 0.29) is 5.91 Å². The molecule has 0 unspecified atom stereocenters. The molecule has 1 amide bonds. The van der Waals surface area contributed by atoms with Crippen molar-refractivity contribution in [2.45, 2.75) is 18.6 Å². The maximum Gasteiger partial charge on any atom is 0.253 e. The number of amides is 1. The quantitative estimate of drug-likeness (QED) is 0.674. The molecule has 1 aromatic heterocycles. The number of aromatic nitrogens is 2. The lowest BCUT2D eigenvalue weighted by Crippen LogP contribution is -2.33. The summed E-state index contributed by atoms with van der Waals surface area (Å²) >= 11 is 1.96. The second-order valence-electron chi connectivity index (χ2n) is 6.80. The molecule has 138 valence electrons. The fraction of sp³-hybridized carbons (Fsp3) is 0.273. The van der Waals surface area contributed by atoms with E-state index in [9.17, 15) is 4.79 Å². The van der Waals surface area contributed by atoms with E-state index < -0.39 is 0 Å². The zero-order valence-corrected chi connectivity index (χ0v) is 16.2. The molecule has 2 heterocycles. The third kappa shape index (κ3) is 3.93. The summed E-state index contributed by atoms with van der Waals surface area (Å²) in [5.74, 6) is 1.07. The van der Waals surface area contributed by atoms with Crippen LogP contribution in [0.25, 0.3) is 5.69 Å². The molecule has 0 spiro atoms. The standard InChI is InChI=1S/C22H23N3OS/c1-17-6-2-3-9-20(17)21-10-13-24(14-15-27-21)22(26)18-7-4-8-19(16-18)25-12-5-11-23-25/h2-9,11-12,16,21H,10,13-15H2,1H3/t21-/m0/s1. The molecule has 1 saturated heterocycles. The van der Waals surface area contributed by atoms with E-state index >= 15 is 0 Å². The zero-order valence-electron chi connectivity index (χ0n) is 15.4. The fourth-order valence-electron chi connectivity index (χ4n) is 3.56. The van der Waals surface area contributed by atoms with Crippen molar-refractivity contribution < 1.29 is 4.79 Å². The van der Waals surface area contributed by atoms with Crippen LogP contribution < -0.4 is 0 Å². The molecular weight excluding hydrogens is 354 g/mol. The number of benzene rings is 2. The van der Waals surface area contributed by atoms with Crippen LogP contribution in [0.3, 0.4) is 0 Å². The van der Waals surface area contributed by atoms with Crippen LogP contribution in [0.15, 0.2) is 67.0 Å². The maximum atomic E-state index is 13.1. The molecule has 3 aromatic rings. The Hall–Kier alpha value is -2.53. The van der Waals surface area contributed by atoms with Gasteiger partial charge in [0.15, 0.2) is 0 Å². The SMILES string of the molecule is Cc1ccccc1[C@@H]1CCN(C(=O)c2cccc(-n3cccn3)c2)CCS1. The van der Waals surface area contributed by atoms with Gasteiger partial charge in [-0.3, -0.25) is 4.79 Å². The summed E-state index contributed by atoms with van der Waals surface area (Å²) in [6.07, 6.45) is 4.62. The number of carbonyl (C=O) groups excluding carboxylic acids is 1. The zero-order chi connectivity index (χ0) is 18.6. The fourth-order valence-corrected chi connectivity index (χ4v) is 4.88. The highest BCUT2D eigenvalue weighted by molar-refractivity contribution is 7.99. The Labute approximate surface area is 164 Å². The Bertz CT molecular complexity index is 923. The van der Waals surface area contributed by atoms with Crippen molar-refractivity contribution in [1.29, 1.82) is 0 Å². The Morgan fingerprint density at radius 3 is 2.81 bits per heavy atom. The highest BCUT2D eigenvalue weighted by atomic mass is 32.2. The third-order valence-electron chi connectivity index (χ3n) is 5.03. The van der Waals surface area contributed by atoms with Crippen LogP contribution in [0, 0.1) is 6.92 Å². The van der Waals surface area contributed by atoms with E-state index in [1.807, 2.05) is 53.2 Å². The van der Waals surface area contributed by atoms with Crippen molar-refractivity contribution in [3.05, 3.63) is 83.7 Å². The van der Waals surface area contributed by atoms with E-state index in [2.05, 4.69) is 36.3 Å². The van der Waals surface area contributed by atoms with Gasteiger partial charge in [0.2, 0.25) is 0 Å². The van der Waals surface area contributed by atoms with Gasteiger partial charge in [0.25, 0.3) is 5.91 Å². The molecule has 0 saturated carbocycles. The number of thioether (sulfide) groups is 1. The first-order valence-electron chi connectivity index (χ1n) is 9.29. The van der Waals surface area contributed by atoms with Gasteiger partial charge in [-0.1, -0.05) is 30.3 Å². The molecule has 1 aliphatic heterocycles. The number of carbonyl (C=O) groups is 1. The normalized spacial score (nSPS) is 17.5. The summed E-state index contributed by atoms with van der Waals surface area (Å²) in [5, 5.41) is 4.71. The number of nitrogens with zero attached hydrogens (tertiary/aromatic N) is 3. The number of hydrogen-bond donors (Lipinski definition) is 0. The highest BCUT2D eigenvalue weighted by Gasteiger charge is 2.23. The van der Waals surface area contributed by atoms with Crippen molar-refractivity contribution in [3.8, 4) is 5.69 Å². The smallest absolute Gasteiger partial charge is 0.253 e. The predicted molar refractivity (Wildman–Crippen MR) is 110 cm³/mol. The van der Waals surface area contributed by atoms with Gasteiger partial charge in [-0.2, -0.15) is 16.9 Å². The molecule has 0 bridgehead atoms. The molecule has 1 aliphatic rings. The van der Waals surface area contributed by atoms with Crippen LogP contribution in [-0.4, -0.2) is 39.4 Å². The van der Waals surface area contributed by atoms with E-state index in [1.165, 1.54) is 11.1 Å². The summed E-state index contributed by atoms with van der Waals surface area (Å²) < 4.78 is 1.78. The van der Waals surface area contributed by atoms with Crippen LogP contribution in [0.4, 0.5) is 0 Å². The first-order valence-corrected chi connectivity index (χ1v) is 10.3. The summed E-state index contributed by atoms with van der Waals surface area (Å²) in [4.78, 5) is 15.1. The minimum atomic E-state index is 0.107. The summed E-state index contributed by atoms with van der Waals surface area (Å²) in [7, 11) is 0. The van der Waals surface area contributed by atoms with Crippen LogP contribution >= 0.6 is 11.8 Å². The maximum absolute atomic E-state index is 13.1. The minimum absolute atomic E-state index is 0.107. The Kier molecular flexibility index (Phi) is 5.30. The minimum Gasteiger partial charge on any atom is -0.338 e. The van der Waals surface area contributed by atoms with Gasteiger partial charge in [-0.05, 0) is 48.7 Å². The largest absolute Gasteiger partial charge is 0.338 e. The molecule has 5 heteroatoms. The van der Waals surface area contributed by atoms with Crippen molar-refractivity contribution >= 4 is 17.7 Å². The van der Waals surface area contributed by atoms with E-state index in [0.29, 0.717) is 5.25 Å². The van der Waals surface area contributed by atoms with Gasteiger partial charge in [0, 0.05) is 42.0 Å². The average Bonchev–Trinajstić information content (AvgIpc) is 3.13. The van der Waals surface area contributed by atoms with Gasteiger partial charge in [-0.15, -0.1) is 0 Å². The third-order valence-corrected chi connectivity index (χ3v) is 6.34. The molecule has 0 aliphatic carbocycles. The molecule has 1 fully saturated rings.